The van der Waals surface area contributed by atoms with Gasteiger partial charge in [-0.05, 0) is 13.3 Å². The minimum Gasteiger partial charge on any atom is -0.369 e. The van der Waals surface area contributed by atoms with E-state index in [1.54, 1.807) is 6.92 Å². The van der Waals surface area contributed by atoms with Gasteiger partial charge in [0, 0.05) is 6.54 Å². The standard InChI is InChI=1S/C12H18ClN3O/c1-3-4-5-6-7-14-12-10(8-17)11(13)15-9(2)16-12/h8H,3-7H2,1-2H3,(H,14,15,16). The van der Waals surface area contributed by atoms with Crippen molar-refractivity contribution in [3.8, 4) is 0 Å². The molecule has 0 saturated heterocycles. The Bertz CT molecular complexity index is 382. The Hall–Kier alpha value is -1.16. The zero-order valence-corrected chi connectivity index (χ0v) is 11.0. The van der Waals surface area contributed by atoms with E-state index >= 15 is 0 Å². The Morgan fingerprint density at radius 2 is 2.06 bits per heavy atom. The van der Waals surface area contributed by atoms with Crippen molar-refractivity contribution < 1.29 is 4.79 Å². The zero-order chi connectivity index (χ0) is 12.7. The largest absolute Gasteiger partial charge is 0.369 e. The molecule has 1 aromatic rings. The molecule has 0 aliphatic heterocycles. The van der Waals surface area contributed by atoms with Crippen LogP contribution in [0.3, 0.4) is 0 Å². The molecule has 0 spiro atoms. The summed E-state index contributed by atoms with van der Waals surface area (Å²) in [6.07, 6.45) is 5.37. The molecule has 17 heavy (non-hydrogen) atoms. The molecule has 4 nitrogen and oxygen atoms in total. The van der Waals surface area contributed by atoms with Crippen LogP contribution in [0.15, 0.2) is 0 Å². The normalized spacial score (nSPS) is 10.3. The number of aromatic nitrogens is 2. The molecule has 0 aromatic carbocycles. The summed E-state index contributed by atoms with van der Waals surface area (Å²) in [5.74, 6) is 1.10. The second-order valence-electron chi connectivity index (χ2n) is 3.93. The molecular weight excluding hydrogens is 238 g/mol. The summed E-state index contributed by atoms with van der Waals surface area (Å²) >= 11 is 5.87. The van der Waals surface area contributed by atoms with Gasteiger partial charge in [0.05, 0.1) is 5.56 Å². The number of unbranched alkanes of at least 4 members (excludes halogenated alkanes) is 3. The van der Waals surface area contributed by atoms with E-state index in [-0.39, 0.29) is 5.15 Å². The number of aldehydes is 1. The number of anilines is 1. The number of nitrogens with zero attached hydrogens (tertiary/aromatic N) is 2. The third kappa shape index (κ3) is 4.30. The van der Waals surface area contributed by atoms with Crippen molar-refractivity contribution in [1.29, 1.82) is 0 Å². The summed E-state index contributed by atoms with van der Waals surface area (Å²) in [6.45, 7) is 4.72. The first kappa shape index (κ1) is 13.9. The van der Waals surface area contributed by atoms with Gasteiger partial charge in [-0.2, -0.15) is 0 Å². The van der Waals surface area contributed by atoms with Gasteiger partial charge in [-0.15, -0.1) is 0 Å². The van der Waals surface area contributed by atoms with Crippen LogP contribution in [0, 0.1) is 6.92 Å². The van der Waals surface area contributed by atoms with Gasteiger partial charge < -0.3 is 5.32 Å². The van der Waals surface area contributed by atoms with Gasteiger partial charge >= 0.3 is 0 Å². The van der Waals surface area contributed by atoms with Crippen molar-refractivity contribution in [3.63, 3.8) is 0 Å². The van der Waals surface area contributed by atoms with E-state index in [9.17, 15) is 4.79 Å². The van der Waals surface area contributed by atoms with Gasteiger partial charge in [0.1, 0.15) is 16.8 Å². The lowest BCUT2D eigenvalue weighted by Gasteiger charge is -2.09. The number of carbonyl (C=O) groups is 1. The molecule has 0 saturated carbocycles. The fourth-order valence-electron chi connectivity index (χ4n) is 1.54. The molecular formula is C12H18ClN3O. The van der Waals surface area contributed by atoms with Crippen LogP contribution in [-0.4, -0.2) is 22.8 Å². The van der Waals surface area contributed by atoms with E-state index in [4.69, 9.17) is 11.6 Å². The third-order valence-corrected chi connectivity index (χ3v) is 2.74. The van der Waals surface area contributed by atoms with Crippen molar-refractivity contribution in [2.24, 2.45) is 0 Å². The highest BCUT2D eigenvalue weighted by Gasteiger charge is 2.10. The number of rotatable bonds is 7. The predicted molar refractivity (Wildman–Crippen MR) is 69.8 cm³/mol. The lowest BCUT2D eigenvalue weighted by atomic mass is 10.2. The number of aryl methyl sites for hydroxylation is 1. The van der Waals surface area contributed by atoms with Crippen molar-refractivity contribution >= 4 is 23.7 Å². The molecule has 1 N–H and O–H groups in total. The van der Waals surface area contributed by atoms with Crippen LogP contribution in [0.25, 0.3) is 0 Å². The van der Waals surface area contributed by atoms with E-state index in [0.29, 0.717) is 23.5 Å². The molecule has 1 aromatic heterocycles. The minimum atomic E-state index is 0.212. The van der Waals surface area contributed by atoms with Crippen LogP contribution in [0.1, 0.15) is 48.8 Å². The van der Waals surface area contributed by atoms with Crippen molar-refractivity contribution in [2.75, 3.05) is 11.9 Å². The first-order chi connectivity index (χ1) is 8.19. The van der Waals surface area contributed by atoms with Crippen LogP contribution in [0.4, 0.5) is 5.82 Å². The molecule has 1 rings (SSSR count). The molecule has 1 heterocycles. The molecule has 0 fully saturated rings. The van der Waals surface area contributed by atoms with Crippen LogP contribution < -0.4 is 5.32 Å². The Morgan fingerprint density at radius 1 is 1.29 bits per heavy atom. The van der Waals surface area contributed by atoms with Crippen LogP contribution in [0.2, 0.25) is 5.15 Å². The van der Waals surface area contributed by atoms with Gasteiger partial charge in [-0.3, -0.25) is 4.79 Å². The highest BCUT2D eigenvalue weighted by Crippen LogP contribution is 2.18. The highest BCUT2D eigenvalue weighted by molar-refractivity contribution is 6.32. The lowest BCUT2D eigenvalue weighted by Crippen LogP contribution is -2.08. The van der Waals surface area contributed by atoms with E-state index in [1.807, 2.05) is 0 Å². The lowest BCUT2D eigenvalue weighted by molar-refractivity contribution is 0.112. The first-order valence-corrected chi connectivity index (χ1v) is 6.30. The molecule has 0 bridgehead atoms. The maximum absolute atomic E-state index is 10.9. The SMILES string of the molecule is CCCCCCNc1nc(C)nc(Cl)c1C=O. The monoisotopic (exact) mass is 255 g/mol. The Morgan fingerprint density at radius 3 is 2.71 bits per heavy atom. The zero-order valence-electron chi connectivity index (χ0n) is 10.3. The Balaban J connectivity index is 2.60. The predicted octanol–water partition coefficient (Wildman–Crippen LogP) is 3.24. The number of nitrogens with one attached hydrogen (secondary N) is 1. The van der Waals surface area contributed by atoms with Crippen molar-refractivity contribution in [2.45, 2.75) is 39.5 Å². The maximum atomic E-state index is 10.9. The third-order valence-electron chi connectivity index (χ3n) is 2.45. The smallest absolute Gasteiger partial charge is 0.156 e. The number of hydrogen-bond acceptors (Lipinski definition) is 4. The Kier molecular flexibility index (Phi) is 5.91. The molecule has 0 unspecified atom stereocenters. The minimum absolute atomic E-state index is 0.212. The average molecular weight is 256 g/mol. The van der Waals surface area contributed by atoms with Crippen molar-refractivity contribution in [1.82, 2.24) is 9.97 Å². The van der Waals surface area contributed by atoms with Crippen LogP contribution >= 0.6 is 11.6 Å². The van der Waals surface area contributed by atoms with Gasteiger partial charge in [-0.25, -0.2) is 9.97 Å². The summed E-state index contributed by atoms with van der Waals surface area (Å²) in [7, 11) is 0. The van der Waals surface area contributed by atoms with Gasteiger partial charge in [0.25, 0.3) is 0 Å². The summed E-state index contributed by atoms with van der Waals surface area (Å²) in [6, 6.07) is 0. The van der Waals surface area contributed by atoms with Crippen LogP contribution in [-0.2, 0) is 0 Å². The second-order valence-corrected chi connectivity index (χ2v) is 4.29. The van der Waals surface area contributed by atoms with E-state index in [0.717, 1.165) is 13.0 Å². The number of hydrogen-bond donors (Lipinski definition) is 1. The van der Waals surface area contributed by atoms with E-state index in [2.05, 4.69) is 22.2 Å². The maximum Gasteiger partial charge on any atom is 0.156 e. The van der Waals surface area contributed by atoms with E-state index in [1.165, 1.54) is 19.3 Å². The molecule has 94 valence electrons. The fraction of sp³-hybridized carbons (Fsp3) is 0.583. The topological polar surface area (TPSA) is 54.9 Å². The molecule has 0 aliphatic rings. The number of halogens is 1. The summed E-state index contributed by atoms with van der Waals surface area (Å²) < 4.78 is 0. The average Bonchev–Trinajstić information content (AvgIpc) is 2.28. The summed E-state index contributed by atoms with van der Waals surface area (Å²) in [5.41, 5.74) is 0.341. The quantitative estimate of drug-likeness (QED) is 0.462. The molecule has 0 aliphatic carbocycles. The summed E-state index contributed by atoms with van der Waals surface area (Å²) in [4.78, 5) is 19.0. The Labute approximate surface area is 107 Å². The van der Waals surface area contributed by atoms with E-state index < -0.39 is 0 Å². The van der Waals surface area contributed by atoms with Crippen LogP contribution in [0.5, 0.6) is 0 Å². The highest BCUT2D eigenvalue weighted by atomic mass is 35.5. The first-order valence-electron chi connectivity index (χ1n) is 5.92. The van der Waals surface area contributed by atoms with Gasteiger partial charge in [0.15, 0.2) is 6.29 Å². The summed E-state index contributed by atoms with van der Waals surface area (Å²) in [5, 5.41) is 3.35. The molecule has 0 amide bonds. The van der Waals surface area contributed by atoms with Gasteiger partial charge in [-0.1, -0.05) is 37.8 Å². The second kappa shape index (κ2) is 7.22. The fourth-order valence-corrected chi connectivity index (χ4v) is 1.80. The van der Waals surface area contributed by atoms with Crippen molar-refractivity contribution in [3.05, 3.63) is 16.5 Å². The molecule has 0 radical (unpaired) electrons. The van der Waals surface area contributed by atoms with Gasteiger partial charge in [0.2, 0.25) is 0 Å². The molecule has 5 heteroatoms. The number of carbonyl (C=O) groups excluding carboxylic acids is 1. The molecule has 0 atom stereocenters.